The Morgan fingerprint density at radius 3 is 2.82 bits per heavy atom. The van der Waals surface area contributed by atoms with Crippen LogP contribution in [0.4, 0.5) is 5.82 Å². The van der Waals surface area contributed by atoms with Gasteiger partial charge in [-0.15, -0.1) is 0 Å². The molecule has 2 atom stereocenters. The third kappa shape index (κ3) is 1.74. The zero-order valence-electron chi connectivity index (χ0n) is 10.2. The molecule has 1 aromatic rings. The van der Waals surface area contributed by atoms with Crippen LogP contribution in [0.1, 0.15) is 19.9 Å². The maximum absolute atomic E-state index is 12.1. The van der Waals surface area contributed by atoms with Gasteiger partial charge in [0.2, 0.25) is 0 Å². The van der Waals surface area contributed by atoms with Gasteiger partial charge in [0, 0.05) is 37.6 Å². The van der Waals surface area contributed by atoms with Gasteiger partial charge >= 0.3 is 0 Å². The molecule has 2 N–H and O–H groups in total. The van der Waals surface area contributed by atoms with E-state index in [0.717, 1.165) is 13.1 Å². The minimum atomic E-state index is -0.0135. The summed E-state index contributed by atoms with van der Waals surface area (Å²) in [6, 6.07) is 0.617. The van der Waals surface area contributed by atoms with Crippen molar-refractivity contribution in [1.29, 1.82) is 0 Å². The number of nitrogens with one attached hydrogen (secondary N) is 2. The second-order valence-corrected chi connectivity index (χ2v) is 5.24. The third-order valence-corrected chi connectivity index (χ3v) is 3.82. The molecule has 1 aliphatic carbocycles. The summed E-state index contributed by atoms with van der Waals surface area (Å²) in [6.45, 7) is 6.13. The second kappa shape index (κ2) is 3.84. The van der Waals surface area contributed by atoms with Crippen molar-refractivity contribution in [3.63, 3.8) is 0 Å². The van der Waals surface area contributed by atoms with Gasteiger partial charge in [0.1, 0.15) is 0 Å². The van der Waals surface area contributed by atoms with Crippen LogP contribution >= 0.6 is 0 Å². The van der Waals surface area contributed by atoms with Gasteiger partial charge < -0.3 is 15.2 Å². The first-order chi connectivity index (χ1) is 8.18. The van der Waals surface area contributed by atoms with Crippen LogP contribution in [0, 0.1) is 11.8 Å². The van der Waals surface area contributed by atoms with Crippen LogP contribution in [0.25, 0.3) is 0 Å². The summed E-state index contributed by atoms with van der Waals surface area (Å²) in [7, 11) is 0. The first-order valence-corrected chi connectivity index (χ1v) is 6.23. The normalized spacial score (nSPS) is 30.4. The second-order valence-electron chi connectivity index (χ2n) is 5.24. The van der Waals surface area contributed by atoms with E-state index in [2.05, 4.69) is 15.6 Å². The van der Waals surface area contributed by atoms with Crippen molar-refractivity contribution in [3.05, 3.63) is 22.7 Å². The van der Waals surface area contributed by atoms with Crippen molar-refractivity contribution in [3.8, 4) is 0 Å². The molecule has 2 aliphatic rings. The summed E-state index contributed by atoms with van der Waals surface area (Å²) in [5, 5.41) is 6.64. The quantitative estimate of drug-likeness (QED) is 0.797. The van der Waals surface area contributed by atoms with Gasteiger partial charge in [-0.25, -0.2) is 4.98 Å². The molecular formula is C12H18N4O. The molecule has 2 unspecified atom stereocenters. The van der Waals surface area contributed by atoms with Crippen molar-refractivity contribution >= 4 is 5.82 Å². The zero-order valence-corrected chi connectivity index (χ0v) is 10.2. The Kier molecular flexibility index (Phi) is 2.43. The van der Waals surface area contributed by atoms with Crippen LogP contribution in [0.5, 0.6) is 0 Å². The highest BCUT2D eigenvalue weighted by molar-refractivity contribution is 5.37. The van der Waals surface area contributed by atoms with Gasteiger partial charge in [-0.05, 0) is 25.7 Å². The minimum Gasteiger partial charge on any atom is -0.362 e. The molecule has 17 heavy (non-hydrogen) atoms. The van der Waals surface area contributed by atoms with Gasteiger partial charge in [-0.1, -0.05) is 0 Å². The lowest BCUT2D eigenvalue weighted by molar-refractivity contribution is 0.574. The molecule has 0 amide bonds. The first kappa shape index (κ1) is 10.8. The molecule has 1 aliphatic heterocycles. The number of hydrogen-bond acceptors (Lipinski definition) is 4. The molecule has 92 valence electrons. The van der Waals surface area contributed by atoms with Gasteiger partial charge in [-0.2, -0.15) is 0 Å². The zero-order chi connectivity index (χ0) is 12.0. The minimum absolute atomic E-state index is 0.0135. The standard InChI is InChI=1S/C12H18N4O/c1-7(2)16-4-3-14-11(12(16)17)15-10-8-5-13-6-9(8)10/h3-4,7-10,13H,5-6H2,1-2H3,(H,14,15). The Labute approximate surface area is 100 Å². The first-order valence-electron chi connectivity index (χ1n) is 6.23. The molecule has 5 heteroatoms. The van der Waals surface area contributed by atoms with Crippen LogP contribution in [-0.4, -0.2) is 28.7 Å². The summed E-state index contributed by atoms with van der Waals surface area (Å²) in [5.41, 5.74) is -0.0135. The number of anilines is 1. The largest absolute Gasteiger partial charge is 0.362 e. The predicted molar refractivity (Wildman–Crippen MR) is 66.1 cm³/mol. The van der Waals surface area contributed by atoms with E-state index in [1.807, 2.05) is 13.8 Å². The van der Waals surface area contributed by atoms with Crippen LogP contribution in [-0.2, 0) is 0 Å². The lowest BCUT2D eigenvalue weighted by atomic mass is 10.3. The van der Waals surface area contributed by atoms with E-state index in [-0.39, 0.29) is 11.6 Å². The van der Waals surface area contributed by atoms with Crippen molar-refractivity contribution < 1.29 is 0 Å². The van der Waals surface area contributed by atoms with E-state index in [1.54, 1.807) is 17.0 Å². The van der Waals surface area contributed by atoms with Crippen LogP contribution in [0.15, 0.2) is 17.2 Å². The van der Waals surface area contributed by atoms with Crippen LogP contribution in [0.2, 0.25) is 0 Å². The summed E-state index contributed by atoms with van der Waals surface area (Å²) in [4.78, 5) is 16.3. The Morgan fingerprint density at radius 2 is 2.18 bits per heavy atom. The summed E-state index contributed by atoms with van der Waals surface area (Å²) < 4.78 is 1.71. The average Bonchev–Trinajstić information content (AvgIpc) is 2.74. The molecule has 5 nitrogen and oxygen atoms in total. The van der Waals surface area contributed by atoms with E-state index in [4.69, 9.17) is 0 Å². The Balaban J connectivity index is 1.80. The molecule has 2 heterocycles. The fraction of sp³-hybridized carbons (Fsp3) is 0.667. The molecule has 0 bridgehead atoms. The number of hydrogen-bond donors (Lipinski definition) is 2. The van der Waals surface area contributed by atoms with Crippen molar-refractivity contribution in [2.75, 3.05) is 18.4 Å². The average molecular weight is 234 g/mol. The molecule has 1 aromatic heterocycles. The number of piperidine rings is 1. The SMILES string of the molecule is CC(C)n1ccnc(NC2C3CNCC32)c1=O. The highest BCUT2D eigenvalue weighted by atomic mass is 16.1. The van der Waals surface area contributed by atoms with Crippen LogP contribution in [0.3, 0.4) is 0 Å². The van der Waals surface area contributed by atoms with Gasteiger partial charge in [0.25, 0.3) is 5.56 Å². The number of aromatic nitrogens is 2. The number of fused-ring (bicyclic) bond motifs is 1. The molecular weight excluding hydrogens is 216 g/mol. The molecule has 0 aromatic carbocycles. The summed E-state index contributed by atoms with van der Waals surface area (Å²) >= 11 is 0. The van der Waals surface area contributed by atoms with E-state index >= 15 is 0 Å². The molecule has 0 radical (unpaired) electrons. The maximum atomic E-state index is 12.1. The predicted octanol–water partition coefficient (Wildman–Crippen LogP) is 0.454. The number of nitrogens with zero attached hydrogens (tertiary/aromatic N) is 2. The van der Waals surface area contributed by atoms with Crippen molar-refractivity contribution in [2.24, 2.45) is 11.8 Å². The monoisotopic (exact) mass is 234 g/mol. The highest BCUT2D eigenvalue weighted by Crippen LogP contribution is 2.43. The summed E-state index contributed by atoms with van der Waals surface area (Å²) in [6.07, 6.45) is 3.44. The van der Waals surface area contributed by atoms with E-state index in [0.29, 0.717) is 23.7 Å². The molecule has 1 saturated carbocycles. The lowest BCUT2D eigenvalue weighted by Gasteiger charge is -2.12. The van der Waals surface area contributed by atoms with E-state index < -0.39 is 0 Å². The Hall–Kier alpha value is -1.36. The molecule has 0 spiro atoms. The third-order valence-electron chi connectivity index (χ3n) is 3.82. The fourth-order valence-electron chi connectivity index (χ4n) is 2.72. The maximum Gasteiger partial charge on any atom is 0.293 e. The lowest BCUT2D eigenvalue weighted by Crippen LogP contribution is -2.29. The molecule has 1 saturated heterocycles. The molecule has 3 rings (SSSR count). The van der Waals surface area contributed by atoms with Gasteiger partial charge in [0.05, 0.1) is 0 Å². The smallest absolute Gasteiger partial charge is 0.293 e. The highest BCUT2D eigenvalue weighted by Gasteiger charge is 2.53. The topological polar surface area (TPSA) is 59.0 Å². The van der Waals surface area contributed by atoms with Crippen LogP contribution < -0.4 is 16.2 Å². The van der Waals surface area contributed by atoms with E-state index in [1.165, 1.54) is 0 Å². The van der Waals surface area contributed by atoms with Gasteiger partial charge in [0.15, 0.2) is 5.82 Å². The van der Waals surface area contributed by atoms with E-state index in [9.17, 15) is 4.79 Å². The molecule has 2 fully saturated rings. The summed E-state index contributed by atoms with van der Waals surface area (Å²) in [5.74, 6) is 1.87. The van der Waals surface area contributed by atoms with Crippen molar-refractivity contribution in [2.45, 2.75) is 25.9 Å². The number of rotatable bonds is 3. The van der Waals surface area contributed by atoms with Gasteiger partial charge in [-0.3, -0.25) is 4.79 Å². The Morgan fingerprint density at radius 1 is 1.47 bits per heavy atom. The fourth-order valence-corrected chi connectivity index (χ4v) is 2.72. The Bertz CT molecular complexity index is 472. The van der Waals surface area contributed by atoms with Crippen molar-refractivity contribution in [1.82, 2.24) is 14.9 Å².